The Morgan fingerprint density at radius 2 is 1.87 bits per heavy atom. The van der Waals surface area contributed by atoms with Gasteiger partial charge in [0.2, 0.25) is 5.91 Å². The van der Waals surface area contributed by atoms with E-state index in [2.05, 4.69) is 18.3 Å². The molecule has 0 bridgehead atoms. The van der Waals surface area contributed by atoms with Gasteiger partial charge >= 0.3 is 0 Å². The average Bonchev–Trinajstić information content (AvgIpc) is 2.51. The normalized spacial score (nSPS) is 10.8. The molecule has 0 atom stereocenters. The lowest BCUT2D eigenvalue weighted by Gasteiger charge is -2.18. The van der Waals surface area contributed by atoms with Crippen LogP contribution in [0.25, 0.3) is 0 Å². The maximum absolute atomic E-state index is 12.3. The summed E-state index contributed by atoms with van der Waals surface area (Å²) in [6.45, 7) is 5.17. The molecule has 0 aromatic heterocycles. The molecule has 4 heteroatoms. The third-order valence-electron chi connectivity index (χ3n) is 3.78. The minimum Gasteiger partial charge on any atom is -0.324 e. The summed E-state index contributed by atoms with van der Waals surface area (Å²) in [7, 11) is 1.94. The van der Waals surface area contributed by atoms with Crippen LogP contribution in [0.2, 0.25) is 5.02 Å². The number of amides is 1. The van der Waals surface area contributed by atoms with E-state index in [9.17, 15) is 4.79 Å². The van der Waals surface area contributed by atoms with Gasteiger partial charge in [-0.3, -0.25) is 9.69 Å². The number of likely N-dealkylation sites (N-methyl/N-ethyl adjacent to an activating group) is 1. The van der Waals surface area contributed by atoms with Gasteiger partial charge in [-0.2, -0.15) is 0 Å². The maximum atomic E-state index is 12.3. The minimum absolute atomic E-state index is 0.00506. The van der Waals surface area contributed by atoms with E-state index >= 15 is 0 Å². The molecular formula is C19H23ClN2O. The number of carbonyl (C=O) groups excluding carboxylic acids is 1. The summed E-state index contributed by atoms with van der Waals surface area (Å²) < 4.78 is 0. The van der Waals surface area contributed by atoms with Crippen molar-refractivity contribution < 1.29 is 4.79 Å². The third-order valence-corrected chi connectivity index (χ3v) is 4.04. The Kier molecular flexibility index (Phi) is 6.20. The van der Waals surface area contributed by atoms with Crippen LogP contribution in [-0.4, -0.2) is 24.4 Å². The summed E-state index contributed by atoms with van der Waals surface area (Å²) in [5.74, 6) is 0.00506. The summed E-state index contributed by atoms with van der Waals surface area (Å²) in [6, 6.07) is 13.8. The van der Waals surface area contributed by atoms with Gasteiger partial charge < -0.3 is 5.32 Å². The molecule has 0 spiro atoms. The highest BCUT2D eigenvalue weighted by Crippen LogP contribution is 2.21. The maximum Gasteiger partial charge on any atom is 0.238 e. The summed E-state index contributed by atoms with van der Waals surface area (Å²) in [5, 5.41) is 3.78. The SMILES string of the molecule is CCc1cccc(C)c1NC(=O)CN(C)Cc1ccc(Cl)cc1. The van der Waals surface area contributed by atoms with Crippen LogP contribution < -0.4 is 5.32 Å². The van der Waals surface area contributed by atoms with Crippen molar-refractivity contribution in [2.75, 3.05) is 18.9 Å². The molecule has 1 amide bonds. The van der Waals surface area contributed by atoms with E-state index in [-0.39, 0.29) is 5.91 Å². The molecule has 0 saturated heterocycles. The molecule has 0 fully saturated rings. The Labute approximate surface area is 143 Å². The molecule has 0 unspecified atom stereocenters. The van der Waals surface area contributed by atoms with Gasteiger partial charge in [-0.25, -0.2) is 0 Å². The lowest BCUT2D eigenvalue weighted by Crippen LogP contribution is -2.30. The number of halogens is 1. The molecule has 0 radical (unpaired) electrons. The molecule has 0 heterocycles. The number of hydrogen-bond donors (Lipinski definition) is 1. The molecule has 0 saturated carbocycles. The number of benzene rings is 2. The topological polar surface area (TPSA) is 32.3 Å². The summed E-state index contributed by atoms with van der Waals surface area (Å²) >= 11 is 5.89. The predicted octanol–water partition coefficient (Wildman–Crippen LogP) is 4.28. The number of carbonyl (C=O) groups is 1. The smallest absolute Gasteiger partial charge is 0.238 e. The van der Waals surface area contributed by atoms with Gasteiger partial charge in [0.15, 0.2) is 0 Å². The molecule has 2 aromatic carbocycles. The van der Waals surface area contributed by atoms with E-state index < -0.39 is 0 Å². The quantitative estimate of drug-likeness (QED) is 0.857. The highest BCUT2D eigenvalue weighted by Gasteiger charge is 2.11. The van der Waals surface area contributed by atoms with E-state index in [0.29, 0.717) is 13.1 Å². The number of nitrogens with one attached hydrogen (secondary N) is 1. The van der Waals surface area contributed by atoms with Crippen LogP contribution in [-0.2, 0) is 17.8 Å². The van der Waals surface area contributed by atoms with Crippen LogP contribution in [0.4, 0.5) is 5.69 Å². The Balaban J connectivity index is 1.95. The first-order valence-corrected chi connectivity index (χ1v) is 8.18. The van der Waals surface area contributed by atoms with Gasteiger partial charge in [-0.1, -0.05) is 48.9 Å². The molecule has 0 aliphatic carbocycles. The zero-order chi connectivity index (χ0) is 16.8. The standard InChI is InChI=1S/C19H23ClN2O/c1-4-16-7-5-6-14(2)19(16)21-18(23)13-22(3)12-15-8-10-17(20)11-9-15/h5-11H,4,12-13H2,1-3H3,(H,21,23). The van der Waals surface area contributed by atoms with Crippen molar-refractivity contribution in [1.82, 2.24) is 4.90 Å². The van der Waals surface area contributed by atoms with E-state index in [1.807, 2.05) is 55.3 Å². The van der Waals surface area contributed by atoms with Crippen LogP contribution in [0.3, 0.4) is 0 Å². The Hall–Kier alpha value is -1.84. The van der Waals surface area contributed by atoms with Crippen molar-refractivity contribution in [3.05, 3.63) is 64.2 Å². The lowest BCUT2D eigenvalue weighted by molar-refractivity contribution is -0.117. The number of aryl methyl sites for hydroxylation is 2. The van der Waals surface area contributed by atoms with E-state index in [1.54, 1.807) is 0 Å². The Bertz CT molecular complexity index is 668. The second-order valence-corrected chi connectivity index (χ2v) is 6.25. The molecule has 2 aromatic rings. The fourth-order valence-corrected chi connectivity index (χ4v) is 2.71. The summed E-state index contributed by atoms with van der Waals surface area (Å²) in [6.07, 6.45) is 0.901. The molecule has 23 heavy (non-hydrogen) atoms. The zero-order valence-electron chi connectivity index (χ0n) is 13.9. The number of hydrogen-bond acceptors (Lipinski definition) is 2. The monoisotopic (exact) mass is 330 g/mol. The molecule has 0 aliphatic rings. The fourth-order valence-electron chi connectivity index (χ4n) is 2.58. The molecule has 2 rings (SSSR count). The molecular weight excluding hydrogens is 308 g/mol. The number of para-hydroxylation sites is 1. The van der Waals surface area contributed by atoms with Crippen LogP contribution in [0, 0.1) is 6.92 Å². The fraction of sp³-hybridized carbons (Fsp3) is 0.316. The number of anilines is 1. The first kappa shape index (κ1) is 17.5. The minimum atomic E-state index is 0.00506. The average molecular weight is 331 g/mol. The van der Waals surface area contributed by atoms with Crippen LogP contribution in [0.15, 0.2) is 42.5 Å². The van der Waals surface area contributed by atoms with Crippen molar-refractivity contribution in [2.24, 2.45) is 0 Å². The second-order valence-electron chi connectivity index (χ2n) is 5.81. The van der Waals surface area contributed by atoms with Gasteiger partial charge in [0, 0.05) is 17.3 Å². The van der Waals surface area contributed by atoms with E-state index in [4.69, 9.17) is 11.6 Å². The van der Waals surface area contributed by atoms with Gasteiger partial charge in [0.05, 0.1) is 6.54 Å². The van der Waals surface area contributed by atoms with Crippen molar-refractivity contribution in [3.8, 4) is 0 Å². The largest absolute Gasteiger partial charge is 0.324 e. The lowest BCUT2D eigenvalue weighted by atomic mass is 10.1. The Morgan fingerprint density at radius 1 is 1.17 bits per heavy atom. The summed E-state index contributed by atoms with van der Waals surface area (Å²) in [4.78, 5) is 14.3. The second kappa shape index (κ2) is 8.14. The van der Waals surface area contributed by atoms with E-state index in [0.717, 1.165) is 28.3 Å². The van der Waals surface area contributed by atoms with Gasteiger partial charge in [-0.15, -0.1) is 0 Å². The van der Waals surface area contributed by atoms with Crippen LogP contribution in [0.5, 0.6) is 0 Å². The van der Waals surface area contributed by atoms with Crippen LogP contribution in [0.1, 0.15) is 23.6 Å². The van der Waals surface area contributed by atoms with Crippen molar-refractivity contribution >= 4 is 23.2 Å². The first-order chi connectivity index (χ1) is 11.0. The van der Waals surface area contributed by atoms with Gasteiger partial charge in [0.25, 0.3) is 0 Å². The molecule has 0 aliphatic heterocycles. The van der Waals surface area contributed by atoms with Gasteiger partial charge in [0.1, 0.15) is 0 Å². The highest BCUT2D eigenvalue weighted by atomic mass is 35.5. The number of nitrogens with zero attached hydrogens (tertiary/aromatic N) is 1. The zero-order valence-corrected chi connectivity index (χ0v) is 14.7. The molecule has 3 nitrogen and oxygen atoms in total. The van der Waals surface area contributed by atoms with Crippen molar-refractivity contribution in [3.63, 3.8) is 0 Å². The Morgan fingerprint density at radius 3 is 2.52 bits per heavy atom. The third kappa shape index (κ3) is 5.08. The van der Waals surface area contributed by atoms with Crippen LogP contribution >= 0.6 is 11.6 Å². The van der Waals surface area contributed by atoms with Crippen molar-refractivity contribution in [2.45, 2.75) is 26.8 Å². The first-order valence-electron chi connectivity index (χ1n) is 7.81. The predicted molar refractivity (Wildman–Crippen MR) is 97.0 cm³/mol. The highest BCUT2D eigenvalue weighted by molar-refractivity contribution is 6.30. The molecule has 122 valence electrons. The van der Waals surface area contributed by atoms with E-state index in [1.165, 1.54) is 5.56 Å². The summed E-state index contributed by atoms with van der Waals surface area (Å²) in [5.41, 5.74) is 4.34. The molecule has 1 N–H and O–H groups in total. The van der Waals surface area contributed by atoms with Crippen molar-refractivity contribution in [1.29, 1.82) is 0 Å². The van der Waals surface area contributed by atoms with Gasteiger partial charge in [-0.05, 0) is 49.2 Å². The number of rotatable bonds is 6.